The van der Waals surface area contributed by atoms with Crippen LogP contribution in [-0.2, 0) is 7.05 Å². The Morgan fingerprint density at radius 1 is 1.56 bits per heavy atom. The first kappa shape index (κ1) is 10.6. The lowest BCUT2D eigenvalue weighted by Crippen LogP contribution is -2.01. The highest BCUT2D eigenvalue weighted by atomic mass is 16.6. The summed E-state index contributed by atoms with van der Waals surface area (Å²) in [6.07, 6.45) is -0.698. The number of benzene rings is 1. The van der Waals surface area contributed by atoms with E-state index in [2.05, 4.69) is 4.98 Å². The Labute approximate surface area is 91.3 Å². The number of rotatable bonds is 2. The Hall–Kier alpha value is -1.95. The summed E-state index contributed by atoms with van der Waals surface area (Å²) in [7, 11) is 1.77. The molecule has 2 aromatic rings. The topological polar surface area (TPSA) is 81.2 Å². The third-order valence-corrected chi connectivity index (χ3v) is 2.48. The van der Waals surface area contributed by atoms with Gasteiger partial charge >= 0.3 is 0 Å². The second kappa shape index (κ2) is 3.57. The lowest BCUT2D eigenvalue weighted by molar-refractivity contribution is -0.384. The SMILES string of the molecule is C[C@@H](O)c1nc2cc([N+](=O)[O-])ccc2n1C. The molecule has 0 bridgehead atoms. The minimum absolute atomic E-state index is 0.00254. The third-order valence-electron chi connectivity index (χ3n) is 2.48. The Morgan fingerprint density at radius 2 is 2.25 bits per heavy atom. The van der Waals surface area contributed by atoms with Gasteiger partial charge in [0.2, 0.25) is 0 Å². The van der Waals surface area contributed by atoms with E-state index in [0.717, 1.165) is 5.52 Å². The predicted molar refractivity (Wildman–Crippen MR) is 58.0 cm³/mol. The predicted octanol–water partition coefficient (Wildman–Crippen LogP) is 1.53. The van der Waals surface area contributed by atoms with Crippen LogP contribution >= 0.6 is 0 Å². The fourth-order valence-electron chi connectivity index (χ4n) is 1.69. The van der Waals surface area contributed by atoms with Crippen LogP contribution in [0.3, 0.4) is 0 Å². The second-order valence-electron chi connectivity index (χ2n) is 3.64. The molecule has 1 aromatic heterocycles. The van der Waals surface area contributed by atoms with Gasteiger partial charge in [0, 0.05) is 19.2 Å². The average Bonchev–Trinajstić information content (AvgIpc) is 2.55. The first-order valence-corrected chi connectivity index (χ1v) is 4.79. The molecule has 0 radical (unpaired) electrons. The zero-order valence-electron chi connectivity index (χ0n) is 8.91. The van der Waals surface area contributed by atoms with Crippen LogP contribution in [0, 0.1) is 10.1 Å². The van der Waals surface area contributed by atoms with E-state index in [9.17, 15) is 15.2 Å². The standard InChI is InChI=1S/C10H11N3O3/c1-6(14)10-11-8-5-7(13(15)16)3-4-9(8)12(10)2/h3-6,14H,1-2H3/t6-/m1/s1. The van der Waals surface area contributed by atoms with Crippen molar-refractivity contribution in [2.45, 2.75) is 13.0 Å². The molecule has 0 saturated carbocycles. The van der Waals surface area contributed by atoms with E-state index in [1.807, 2.05) is 0 Å². The maximum absolute atomic E-state index is 10.6. The van der Waals surface area contributed by atoms with E-state index in [1.165, 1.54) is 12.1 Å². The molecule has 0 fully saturated rings. The number of imidazole rings is 1. The van der Waals surface area contributed by atoms with E-state index in [1.54, 1.807) is 24.6 Å². The summed E-state index contributed by atoms with van der Waals surface area (Å²) in [6, 6.07) is 4.46. The smallest absolute Gasteiger partial charge is 0.271 e. The number of aliphatic hydroxyl groups is 1. The minimum atomic E-state index is -0.698. The number of hydrogen-bond donors (Lipinski definition) is 1. The first-order valence-electron chi connectivity index (χ1n) is 4.79. The number of fused-ring (bicyclic) bond motifs is 1. The highest BCUT2D eigenvalue weighted by molar-refractivity contribution is 5.78. The largest absolute Gasteiger partial charge is 0.385 e. The maximum atomic E-state index is 10.6. The average molecular weight is 221 g/mol. The molecule has 1 heterocycles. The first-order chi connectivity index (χ1) is 7.50. The lowest BCUT2D eigenvalue weighted by Gasteiger charge is -2.03. The molecule has 0 aliphatic rings. The van der Waals surface area contributed by atoms with Crippen LogP contribution in [-0.4, -0.2) is 19.6 Å². The normalized spacial score (nSPS) is 12.9. The molecular weight excluding hydrogens is 210 g/mol. The molecule has 6 nitrogen and oxygen atoms in total. The summed E-state index contributed by atoms with van der Waals surface area (Å²) in [6.45, 7) is 1.61. The number of nitrogens with zero attached hydrogens (tertiary/aromatic N) is 3. The highest BCUT2D eigenvalue weighted by Gasteiger charge is 2.14. The third kappa shape index (κ3) is 1.53. The number of aryl methyl sites for hydroxylation is 1. The zero-order chi connectivity index (χ0) is 11.9. The van der Waals surface area contributed by atoms with Gasteiger partial charge in [-0.15, -0.1) is 0 Å². The van der Waals surface area contributed by atoms with E-state index in [4.69, 9.17) is 0 Å². The van der Waals surface area contributed by atoms with Gasteiger partial charge in [-0.3, -0.25) is 10.1 Å². The van der Waals surface area contributed by atoms with Crippen molar-refractivity contribution in [3.05, 3.63) is 34.1 Å². The van der Waals surface area contributed by atoms with Gasteiger partial charge in [-0.25, -0.2) is 4.98 Å². The van der Waals surface area contributed by atoms with Gasteiger partial charge in [0.1, 0.15) is 11.9 Å². The zero-order valence-corrected chi connectivity index (χ0v) is 8.91. The van der Waals surface area contributed by atoms with Crippen molar-refractivity contribution in [3.63, 3.8) is 0 Å². The van der Waals surface area contributed by atoms with Gasteiger partial charge in [0.25, 0.3) is 5.69 Å². The minimum Gasteiger partial charge on any atom is -0.385 e. The van der Waals surface area contributed by atoms with Crippen molar-refractivity contribution in [1.82, 2.24) is 9.55 Å². The summed E-state index contributed by atoms with van der Waals surface area (Å²) in [5, 5.41) is 20.1. The van der Waals surface area contributed by atoms with Gasteiger partial charge in [0.15, 0.2) is 0 Å². The molecule has 1 aromatic carbocycles. The summed E-state index contributed by atoms with van der Waals surface area (Å²) in [4.78, 5) is 14.3. The Kier molecular flexibility index (Phi) is 2.35. The van der Waals surface area contributed by atoms with Crippen LogP contribution < -0.4 is 0 Å². The van der Waals surface area contributed by atoms with Crippen LogP contribution in [0.25, 0.3) is 11.0 Å². The van der Waals surface area contributed by atoms with E-state index >= 15 is 0 Å². The molecule has 0 amide bonds. The quantitative estimate of drug-likeness (QED) is 0.616. The van der Waals surface area contributed by atoms with Crippen LogP contribution in [0.2, 0.25) is 0 Å². The van der Waals surface area contributed by atoms with Gasteiger partial charge in [-0.1, -0.05) is 0 Å². The molecule has 84 valence electrons. The number of hydrogen-bond acceptors (Lipinski definition) is 4. The molecule has 0 spiro atoms. The number of nitro groups is 1. The Bertz CT molecular complexity index is 560. The monoisotopic (exact) mass is 221 g/mol. The molecule has 0 aliphatic heterocycles. The number of aromatic nitrogens is 2. The molecule has 1 atom stereocenters. The maximum Gasteiger partial charge on any atom is 0.271 e. The highest BCUT2D eigenvalue weighted by Crippen LogP contribution is 2.23. The lowest BCUT2D eigenvalue weighted by atomic mass is 10.3. The van der Waals surface area contributed by atoms with Gasteiger partial charge in [-0.2, -0.15) is 0 Å². The molecule has 0 aliphatic carbocycles. The van der Waals surface area contributed by atoms with E-state index in [0.29, 0.717) is 11.3 Å². The summed E-state index contributed by atoms with van der Waals surface area (Å²) in [5.41, 5.74) is 1.29. The second-order valence-corrected chi connectivity index (χ2v) is 3.64. The molecule has 0 unspecified atom stereocenters. The summed E-state index contributed by atoms with van der Waals surface area (Å²) < 4.78 is 1.73. The van der Waals surface area contributed by atoms with Gasteiger partial charge in [-0.05, 0) is 13.0 Å². The molecule has 1 N–H and O–H groups in total. The fourth-order valence-corrected chi connectivity index (χ4v) is 1.69. The Balaban J connectivity index is 2.67. The number of nitro benzene ring substituents is 1. The van der Waals surface area contributed by atoms with Crippen LogP contribution in [0.1, 0.15) is 18.9 Å². The van der Waals surface area contributed by atoms with E-state index < -0.39 is 11.0 Å². The molecule has 0 saturated heterocycles. The van der Waals surface area contributed by atoms with Crippen molar-refractivity contribution in [2.75, 3.05) is 0 Å². The summed E-state index contributed by atoms with van der Waals surface area (Å²) >= 11 is 0. The van der Waals surface area contributed by atoms with Gasteiger partial charge < -0.3 is 9.67 Å². The van der Waals surface area contributed by atoms with Crippen molar-refractivity contribution in [3.8, 4) is 0 Å². The Morgan fingerprint density at radius 3 is 2.81 bits per heavy atom. The summed E-state index contributed by atoms with van der Waals surface area (Å²) in [5.74, 6) is 0.496. The van der Waals surface area contributed by atoms with Crippen molar-refractivity contribution < 1.29 is 10.0 Å². The van der Waals surface area contributed by atoms with Crippen molar-refractivity contribution in [2.24, 2.45) is 7.05 Å². The van der Waals surface area contributed by atoms with E-state index in [-0.39, 0.29) is 5.69 Å². The fraction of sp³-hybridized carbons (Fsp3) is 0.300. The molecule has 6 heteroatoms. The molecular formula is C10H11N3O3. The number of non-ortho nitro benzene ring substituents is 1. The van der Waals surface area contributed by atoms with Crippen molar-refractivity contribution in [1.29, 1.82) is 0 Å². The molecule has 16 heavy (non-hydrogen) atoms. The number of aliphatic hydroxyl groups excluding tert-OH is 1. The van der Waals surface area contributed by atoms with Crippen LogP contribution in [0.15, 0.2) is 18.2 Å². The van der Waals surface area contributed by atoms with Gasteiger partial charge in [0.05, 0.1) is 16.0 Å². The molecule has 2 rings (SSSR count). The van der Waals surface area contributed by atoms with Crippen molar-refractivity contribution >= 4 is 16.7 Å². The van der Waals surface area contributed by atoms with Crippen LogP contribution in [0.5, 0.6) is 0 Å². The van der Waals surface area contributed by atoms with Crippen LogP contribution in [0.4, 0.5) is 5.69 Å².